The van der Waals surface area contributed by atoms with Crippen LogP contribution in [-0.2, 0) is 17.4 Å². The van der Waals surface area contributed by atoms with Crippen molar-refractivity contribution in [3.8, 4) is 11.5 Å². The van der Waals surface area contributed by atoms with E-state index in [2.05, 4.69) is 20.5 Å². The molecule has 9 heteroatoms. The number of rotatable bonds is 4. The van der Waals surface area contributed by atoms with E-state index >= 15 is 0 Å². The molecule has 34 heavy (non-hydrogen) atoms. The minimum Gasteiger partial charge on any atom is -0.403 e. The lowest BCUT2D eigenvalue weighted by Gasteiger charge is -2.11. The molecule has 1 aliphatic rings. The predicted octanol–water partition coefficient (Wildman–Crippen LogP) is 5.16. The monoisotopic (exact) mass is 462 g/mol. The number of hydrogen-bond donors (Lipinski definition) is 1. The molecule has 1 aliphatic heterocycles. The van der Waals surface area contributed by atoms with Gasteiger partial charge in [0.15, 0.2) is 11.9 Å². The molecular weight excluding hydrogens is 445 g/mol. The Kier molecular flexibility index (Phi) is 5.45. The van der Waals surface area contributed by atoms with Crippen LogP contribution in [0.4, 0.5) is 19.2 Å². The Morgan fingerprint density at radius 2 is 1.62 bits per heavy atom. The highest BCUT2D eigenvalue weighted by molar-refractivity contribution is 6.16. The van der Waals surface area contributed by atoms with Gasteiger partial charge in [0.25, 0.3) is 0 Å². The number of carbonyl (C=O) groups excluding carboxylic acids is 1. The summed E-state index contributed by atoms with van der Waals surface area (Å²) < 4.78 is 44.6. The number of nitrogens with zero attached hydrogens (tertiary/aromatic N) is 3. The fourth-order valence-electron chi connectivity index (χ4n) is 3.74. The van der Waals surface area contributed by atoms with Crippen LogP contribution in [0.15, 0.2) is 88.3 Å². The van der Waals surface area contributed by atoms with Gasteiger partial charge in [0, 0.05) is 23.1 Å². The molecule has 0 radical (unpaired) electrons. The van der Waals surface area contributed by atoms with Gasteiger partial charge in [-0.25, -0.2) is 0 Å². The maximum Gasteiger partial charge on any atom is 0.416 e. The number of halogens is 3. The number of carbonyl (C=O) groups is 1. The highest BCUT2D eigenvalue weighted by atomic mass is 19.4. The van der Waals surface area contributed by atoms with Gasteiger partial charge >= 0.3 is 12.2 Å². The summed E-state index contributed by atoms with van der Waals surface area (Å²) >= 11 is 0. The fraction of sp³-hybridized carbons (Fsp3) is 0.120. The van der Waals surface area contributed by atoms with Gasteiger partial charge in [0.2, 0.25) is 5.89 Å². The molecule has 1 atom stereocenters. The first-order valence-corrected chi connectivity index (χ1v) is 10.4. The number of Topliss-reactive ketones (excluding diaryl/α,β-unsaturated/α-hetero) is 1. The van der Waals surface area contributed by atoms with Crippen LogP contribution in [0, 0.1) is 0 Å². The predicted molar refractivity (Wildman–Crippen MR) is 119 cm³/mol. The zero-order valence-corrected chi connectivity index (χ0v) is 17.6. The van der Waals surface area contributed by atoms with Crippen molar-refractivity contribution in [3.63, 3.8) is 0 Å². The van der Waals surface area contributed by atoms with E-state index in [1.165, 1.54) is 12.1 Å². The van der Waals surface area contributed by atoms with E-state index in [9.17, 15) is 18.0 Å². The Morgan fingerprint density at radius 1 is 0.882 bits per heavy atom. The third-order valence-corrected chi connectivity index (χ3v) is 5.37. The van der Waals surface area contributed by atoms with Crippen LogP contribution in [0.2, 0.25) is 0 Å². The third kappa shape index (κ3) is 4.32. The summed E-state index contributed by atoms with van der Waals surface area (Å²) in [6.07, 6.45) is -5.37. The van der Waals surface area contributed by atoms with Crippen LogP contribution in [-0.4, -0.2) is 27.9 Å². The molecule has 1 N–H and O–H groups in total. The molecule has 5 rings (SSSR count). The molecule has 3 aromatic carbocycles. The Bertz CT molecular complexity index is 1380. The first kappa shape index (κ1) is 21.6. The standard InChI is InChI=1S/C25H17F3N4O2/c26-25(27,28)18-11-6-10-17(13-18)23-31-32-24(34-23)30-22-20(33)14-16-9-4-5-12-19(16)21(29-22)15-7-2-1-3-8-15/h1-13,22H,14H2,(H,30,32)/t22-/m1/s1. The maximum atomic E-state index is 13.0. The Morgan fingerprint density at radius 3 is 2.41 bits per heavy atom. The van der Waals surface area contributed by atoms with Gasteiger partial charge in [-0.05, 0) is 23.8 Å². The van der Waals surface area contributed by atoms with Crippen molar-refractivity contribution in [2.45, 2.75) is 18.8 Å². The number of benzene rings is 3. The Balaban J connectivity index is 1.47. The molecule has 0 amide bonds. The minimum atomic E-state index is -4.50. The molecule has 0 spiro atoms. The topological polar surface area (TPSA) is 80.4 Å². The fourth-order valence-corrected chi connectivity index (χ4v) is 3.74. The van der Waals surface area contributed by atoms with E-state index in [4.69, 9.17) is 4.42 Å². The number of aromatic nitrogens is 2. The zero-order valence-electron chi connectivity index (χ0n) is 17.6. The number of alkyl halides is 3. The second-order valence-corrected chi connectivity index (χ2v) is 7.68. The summed E-state index contributed by atoms with van der Waals surface area (Å²) in [5.41, 5.74) is 2.45. The molecule has 0 unspecified atom stereocenters. The molecule has 1 aromatic heterocycles. The molecule has 6 nitrogen and oxygen atoms in total. The van der Waals surface area contributed by atoms with E-state index in [1.54, 1.807) is 0 Å². The smallest absolute Gasteiger partial charge is 0.403 e. The summed E-state index contributed by atoms with van der Waals surface area (Å²) in [4.78, 5) is 17.7. The average Bonchev–Trinajstić information content (AvgIpc) is 3.25. The second kappa shape index (κ2) is 8.58. The van der Waals surface area contributed by atoms with Gasteiger partial charge in [-0.2, -0.15) is 13.2 Å². The maximum absolute atomic E-state index is 13.0. The second-order valence-electron chi connectivity index (χ2n) is 7.68. The van der Waals surface area contributed by atoms with Gasteiger partial charge in [-0.1, -0.05) is 65.8 Å². The number of ketones is 1. The van der Waals surface area contributed by atoms with Crippen molar-refractivity contribution in [2.24, 2.45) is 4.99 Å². The van der Waals surface area contributed by atoms with E-state index in [0.717, 1.165) is 28.8 Å². The zero-order chi connectivity index (χ0) is 23.7. The van der Waals surface area contributed by atoms with Gasteiger partial charge in [0.1, 0.15) is 0 Å². The molecule has 0 bridgehead atoms. The van der Waals surface area contributed by atoms with E-state index in [0.29, 0.717) is 5.71 Å². The van der Waals surface area contributed by atoms with Gasteiger partial charge in [-0.3, -0.25) is 9.79 Å². The lowest BCUT2D eigenvalue weighted by atomic mass is 9.96. The molecule has 0 aliphatic carbocycles. The van der Waals surface area contributed by atoms with Gasteiger partial charge in [0.05, 0.1) is 11.3 Å². The normalized spacial score (nSPS) is 15.9. The molecular formula is C25H17F3N4O2. The Labute approximate surface area is 192 Å². The largest absolute Gasteiger partial charge is 0.416 e. The van der Waals surface area contributed by atoms with E-state index < -0.39 is 17.9 Å². The van der Waals surface area contributed by atoms with Crippen LogP contribution >= 0.6 is 0 Å². The van der Waals surface area contributed by atoms with Crippen molar-refractivity contribution < 1.29 is 22.4 Å². The molecule has 170 valence electrons. The molecule has 2 heterocycles. The van der Waals surface area contributed by atoms with E-state index in [1.807, 2.05) is 54.6 Å². The number of anilines is 1. The molecule has 4 aromatic rings. The third-order valence-electron chi connectivity index (χ3n) is 5.37. The van der Waals surface area contributed by atoms with Crippen molar-refractivity contribution in [1.82, 2.24) is 10.2 Å². The summed E-state index contributed by atoms with van der Waals surface area (Å²) in [5.74, 6) is -0.317. The average molecular weight is 462 g/mol. The van der Waals surface area contributed by atoms with Crippen LogP contribution in [0.1, 0.15) is 22.3 Å². The number of nitrogens with one attached hydrogen (secondary N) is 1. The summed E-state index contributed by atoms with van der Waals surface area (Å²) in [6.45, 7) is 0. The highest BCUT2D eigenvalue weighted by Gasteiger charge is 2.31. The quantitative estimate of drug-likeness (QED) is 0.453. The Hall–Kier alpha value is -4.27. The number of aliphatic imine (C=N–C) groups is 1. The van der Waals surface area contributed by atoms with Gasteiger partial charge in [-0.15, -0.1) is 5.10 Å². The van der Waals surface area contributed by atoms with Crippen LogP contribution in [0.25, 0.3) is 11.5 Å². The van der Waals surface area contributed by atoms with Crippen LogP contribution in [0.5, 0.6) is 0 Å². The minimum absolute atomic E-state index is 0.106. The van der Waals surface area contributed by atoms with Crippen LogP contribution < -0.4 is 5.32 Å². The van der Waals surface area contributed by atoms with Crippen LogP contribution in [0.3, 0.4) is 0 Å². The van der Waals surface area contributed by atoms with Crippen molar-refractivity contribution in [3.05, 3.63) is 101 Å². The summed E-state index contributed by atoms with van der Waals surface area (Å²) in [7, 11) is 0. The number of hydrogen-bond acceptors (Lipinski definition) is 6. The number of fused-ring (bicyclic) bond motifs is 1. The first-order valence-electron chi connectivity index (χ1n) is 10.4. The van der Waals surface area contributed by atoms with E-state index in [-0.39, 0.29) is 29.7 Å². The van der Waals surface area contributed by atoms with Gasteiger partial charge < -0.3 is 9.73 Å². The summed E-state index contributed by atoms with van der Waals surface area (Å²) in [6, 6.07) is 21.5. The van der Waals surface area contributed by atoms with Crippen molar-refractivity contribution in [1.29, 1.82) is 0 Å². The molecule has 0 saturated carbocycles. The lowest BCUT2D eigenvalue weighted by Crippen LogP contribution is -2.29. The van der Waals surface area contributed by atoms with Crippen molar-refractivity contribution in [2.75, 3.05) is 5.32 Å². The SMILES string of the molecule is O=C1Cc2ccccc2C(c2ccccc2)=N[C@@H]1Nc1nnc(-c2cccc(C(F)(F)F)c2)o1. The summed E-state index contributed by atoms with van der Waals surface area (Å²) in [5, 5.41) is 10.5. The first-order chi connectivity index (χ1) is 16.4. The lowest BCUT2D eigenvalue weighted by molar-refractivity contribution is -0.137. The molecule has 0 fully saturated rings. The molecule has 0 saturated heterocycles. The highest BCUT2D eigenvalue weighted by Crippen LogP contribution is 2.32. The van der Waals surface area contributed by atoms with Crippen molar-refractivity contribution >= 4 is 17.5 Å².